The molecule has 0 spiro atoms. The van der Waals surface area contributed by atoms with Gasteiger partial charge in [-0.05, 0) is 30.5 Å². The maximum Gasteiger partial charge on any atom is 0.161 e. The van der Waals surface area contributed by atoms with Crippen LogP contribution >= 0.6 is 15.9 Å². The van der Waals surface area contributed by atoms with Gasteiger partial charge < -0.3 is 14.8 Å². The van der Waals surface area contributed by atoms with Crippen molar-refractivity contribution in [3.63, 3.8) is 0 Å². The second-order valence-electron chi connectivity index (χ2n) is 5.40. The van der Waals surface area contributed by atoms with E-state index in [1.165, 1.54) is 5.56 Å². The van der Waals surface area contributed by atoms with Crippen LogP contribution in [0, 0.1) is 0 Å². The van der Waals surface area contributed by atoms with Crippen molar-refractivity contribution in [2.24, 2.45) is 0 Å². The van der Waals surface area contributed by atoms with Crippen LogP contribution in [0.15, 0.2) is 29.3 Å². The second kappa shape index (κ2) is 8.56. The van der Waals surface area contributed by atoms with Crippen LogP contribution in [0.1, 0.15) is 24.4 Å². The summed E-state index contributed by atoms with van der Waals surface area (Å²) in [5.41, 5.74) is 1.25. The number of ether oxygens (including phenoxy) is 2. The highest BCUT2D eigenvalue weighted by molar-refractivity contribution is 9.10. The van der Waals surface area contributed by atoms with Gasteiger partial charge in [0.1, 0.15) is 0 Å². The van der Waals surface area contributed by atoms with Crippen LogP contribution in [-0.2, 0) is 0 Å². The molecule has 22 heavy (non-hydrogen) atoms. The van der Waals surface area contributed by atoms with Gasteiger partial charge in [-0.2, -0.15) is 0 Å². The van der Waals surface area contributed by atoms with Crippen molar-refractivity contribution in [2.45, 2.75) is 18.9 Å². The monoisotopic (exact) mass is 368 g/mol. The Labute approximate surface area is 141 Å². The Morgan fingerprint density at radius 2 is 1.91 bits per heavy atom. The fourth-order valence-corrected chi connectivity index (χ4v) is 3.52. The molecule has 1 aliphatic heterocycles. The van der Waals surface area contributed by atoms with Crippen molar-refractivity contribution in [3.05, 3.63) is 34.8 Å². The zero-order valence-electron chi connectivity index (χ0n) is 13.4. The first-order chi connectivity index (χ1) is 10.7. The average molecular weight is 369 g/mol. The molecule has 0 radical (unpaired) electrons. The van der Waals surface area contributed by atoms with Gasteiger partial charge in [-0.3, -0.25) is 4.90 Å². The molecule has 0 bridgehead atoms. The number of hydrogen-bond donors (Lipinski definition) is 1. The minimum absolute atomic E-state index is 0.356. The van der Waals surface area contributed by atoms with Crippen molar-refractivity contribution in [1.82, 2.24) is 10.2 Å². The van der Waals surface area contributed by atoms with E-state index in [0.29, 0.717) is 6.04 Å². The highest BCUT2D eigenvalue weighted by Crippen LogP contribution is 2.39. The van der Waals surface area contributed by atoms with E-state index < -0.39 is 0 Å². The summed E-state index contributed by atoms with van der Waals surface area (Å²) in [4.78, 5) is 2.53. The van der Waals surface area contributed by atoms with Gasteiger partial charge in [0, 0.05) is 36.7 Å². The summed E-state index contributed by atoms with van der Waals surface area (Å²) in [5.74, 6) is 1.53. The van der Waals surface area contributed by atoms with E-state index in [9.17, 15) is 0 Å². The predicted octanol–water partition coefficient (Wildman–Crippen LogP) is 3.38. The molecule has 2 rings (SSSR count). The zero-order valence-corrected chi connectivity index (χ0v) is 15.0. The standard InChI is InChI=1S/C17H25BrN2O2/c1-4-5-6-15(20-9-7-19-8-10-20)13-11-16(21-2)17(22-3)12-14(13)18/h4,11-12,15,19H,1,5-10H2,2-3H3/t15-/m0/s1. The Kier molecular flexibility index (Phi) is 6.73. The van der Waals surface area contributed by atoms with Crippen LogP contribution in [0.3, 0.4) is 0 Å². The minimum atomic E-state index is 0.356. The number of rotatable bonds is 7. The van der Waals surface area contributed by atoms with Crippen LogP contribution in [0.4, 0.5) is 0 Å². The lowest BCUT2D eigenvalue weighted by molar-refractivity contribution is 0.165. The van der Waals surface area contributed by atoms with Crippen molar-refractivity contribution in [2.75, 3.05) is 40.4 Å². The van der Waals surface area contributed by atoms with Crippen LogP contribution in [0.25, 0.3) is 0 Å². The van der Waals surface area contributed by atoms with Gasteiger partial charge >= 0.3 is 0 Å². The third kappa shape index (κ3) is 4.03. The van der Waals surface area contributed by atoms with E-state index in [1.54, 1.807) is 14.2 Å². The number of nitrogens with one attached hydrogen (secondary N) is 1. The maximum absolute atomic E-state index is 5.48. The molecule has 0 saturated carbocycles. The normalized spacial score (nSPS) is 17.0. The number of methoxy groups -OCH3 is 2. The second-order valence-corrected chi connectivity index (χ2v) is 6.25. The Hall–Kier alpha value is -1.04. The van der Waals surface area contributed by atoms with Crippen LogP contribution in [-0.4, -0.2) is 45.3 Å². The Bertz CT molecular complexity index is 502. The van der Waals surface area contributed by atoms with E-state index in [4.69, 9.17) is 9.47 Å². The number of halogens is 1. The van der Waals surface area contributed by atoms with Gasteiger partial charge in [0.2, 0.25) is 0 Å². The molecule has 1 atom stereocenters. The van der Waals surface area contributed by atoms with E-state index in [2.05, 4.69) is 38.8 Å². The fraction of sp³-hybridized carbons (Fsp3) is 0.529. The fourth-order valence-electron chi connectivity index (χ4n) is 2.93. The molecule has 0 aliphatic carbocycles. The molecule has 1 aromatic carbocycles. The summed E-state index contributed by atoms with van der Waals surface area (Å²) in [5, 5.41) is 3.41. The third-order valence-electron chi connectivity index (χ3n) is 4.10. The summed E-state index contributed by atoms with van der Waals surface area (Å²) in [7, 11) is 3.34. The number of allylic oxidation sites excluding steroid dienone is 1. The zero-order chi connectivity index (χ0) is 15.9. The predicted molar refractivity (Wildman–Crippen MR) is 93.9 cm³/mol. The average Bonchev–Trinajstić information content (AvgIpc) is 2.57. The van der Waals surface area contributed by atoms with Gasteiger partial charge in [-0.15, -0.1) is 6.58 Å². The molecule has 1 aromatic rings. The SMILES string of the molecule is C=CCC[C@@H](c1cc(OC)c(OC)cc1Br)N1CCNCC1. The lowest BCUT2D eigenvalue weighted by atomic mass is 9.99. The Morgan fingerprint density at radius 1 is 1.27 bits per heavy atom. The lowest BCUT2D eigenvalue weighted by Gasteiger charge is -2.36. The molecule has 0 amide bonds. The summed E-state index contributed by atoms with van der Waals surface area (Å²) in [6.07, 6.45) is 4.04. The van der Waals surface area contributed by atoms with E-state index in [0.717, 1.165) is 55.0 Å². The van der Waals surface area contributed by atoms with Crippen LogP contribution < -0.4 is 14.8 Å². The molecule has 1 aliphatic rings. The lowest BCUT2D eigenvalue weighted by Crippen LogP contribution is -2.45. The topological polar surface area (TPSA) is 33.7 Å². The molecule has 5 heteroatoms. The van der Waals surface area contributed by atoms with Gasteiger partial charge in [-0.25, -0.2) is 0 Å². The first kappa shape index (κ1) is 17.3. The molecule has 1 saturated heterocycles. The summed E-state index contributed by atoms with van der Waals surface area (Å²) in [6.45, 7) is 8.06. The highest BCUT2D eigenvalue weighted by atomic mass is 79.9. The van der Waals surface area contributed by atoms with E-state index in [1.807, 2.05) is 12.1 Å². The van der Waals surface area contributed by atoms with Gasteiger partial charge in [0.15, 0.2) is 11.5 Å². The molecule has 4 nitrogen and oxygen atoms in total. The van der Waals surface area contributed by atoms with Gasteiger partial charge in [0.05, 0.1) is 14.2 Å². The summed E-state index contributed by atoms with van der Waals surface area (Å²) in [6, 6.07) is 4.45. The minimum Gasteiger partial charge on any atom is -0.493 e. The van der Waals surface area contributed by atoms with Crippen LogP contribution in [0.2, 0.25) is 0 Å². The third-order valence-corrected chi connectivity index (χ3v) is 4.79. The van der Waals surface area contributed by atoms with Crippen LogP contribution in [0.5, 0.6) is 11.5 Å². The largest absolute Gasteiger partial charge is 0.493 e. The van der Waals surface area contributed by atoms with E-state index >= 15 is 0 Å². The highest BCUT2D eigenvalue weighted by Gasteiger charge is 2.24. The van der Waals surface area contributed by atoms with Crippen molar-refractivity contribution < 1.29 is 9.47 Å². The Balaban J connectivity index is 2.34. The first-order valence-electron chi connectivity index (χ1n) is 7.68. The number of nitrogens with zero attached hydrogens (tertiary/aromatic N) is 1. The molecule has 0 aromatic heterocycles. The smallest absolute Gasteiger partial charge is 0.161 e. The number of piperazine rings is 1. The number of benzene rings is 1. The van der Waals surface area contributed by atoms with Gasteiger partial charge in [0.25, 0.3) is 0 Å². The molecule has 1 heterocycles. The summed E-state index contributed by atoms with van der Waals surface area (Å²) >= 11 is 3.71. The molecule has 0 unspecified atom stereocenters. The van der Waals surface area contributed by atoms with Crippen molar-refractivity contribution in [3.8, 4) is 11.5 Å². The van der Waals surface area contributed by atoms with Gasteiger partial charge in [-0.1, -0.05) is 22.0 Å². The molecule has 1 N–H and O–H groups in total. The van der Waals surface area contributed by atoms with E-state index in [-0.39, 0.29) is 0 Å². The first-order valence-corrected chi connectivity index (χ1v) is 8.47. The summed E-state index contributed by atoms with van der Waals surface area (Å²) < 4.78 is 11.9. The maximum atomic E-state index is 5.48. The molecular weight excluding hydrogens is 344 g/mol. The molecule has 122 valence electrons. The van der Waals surface area contributed by atoms with Crippen molar-refractivity contribution in [1.29, 1.82) is 0 Å². The van der Waals surface area contributed by atoms with Crippen molar-refractivity contribution >= 4 is 15.9 Å². The number of hydrogen-bond acceptors (Lipinski definition) is 4. The molecule has 1 fully saturated rings. The molecular formula is C17H25BrN2O2. The quantitative estimate of drug-likeness (QED) is 0.748. The Morgan fingerprint density at radius 3 is 2.50 bits per heavy atom.